The van der Waals surface area contributed by atoms with E-state index < -0.39 is 0 Å². The van der Waals surface area contributed by atoms with Crippen molar-refractivity contribution in [1.82, 2.24) is 5.32 Å². The van der Waals surface area contributed by atoms with Gasteiger partial charge in [0.05, 0.1) is 17.3 Å². The normalized spacial score (nSPS) is 21.1. The Bertz CT molecular complexity index is 548. The van der Waals surface area contributed by atoms with E-state index in [2.05, 4.69) is 10.6 Å². The molecule has 0 spiro atoms. The average molecular weight is 310 g/mol. The lowest BCUT2D eigenvalue weighted by atomic mass is 10.1. The molecular weight excluding hydrogens is 290 g/mol. The Kier molecular flexibility index (Phi) is 5.20. The van der Waals surface area contributed by atoms with Crippen molar-refractivity contribution in [3.05, 3.63) is 28.8 Å². The van der Waals surface area contributed by atoms with Crippen molar-refractivity contribution in [2.45, 2.75) is 32.2 Å². The molecule has 4 N–H and O–H groups in total. The summed E-state index contributed by atoms with van der Waals surface area (Å²) in [6, 6.07) is 5.48. The summed E-state index contributed by atoms with van der Waals surface area (Å²) in [7, 11) is 0. The van der Waals surface area contributed by atoms with E-state index in [9.17, 15) is 9.59 Å². The molecule has 2 amide bonds. The number of nitrogens with one attached hydrogen (secondary N) is 2. The average Bonchev–Trinajstić information content (AvgIpc) is 2.86. The lowest BCUT2D eigenvalue weighted by Gasteiger charge is -2.11. The molecule has 1 fully saturated rings. The standard InChI is InChI=1S/C15H20ClN3O2/c1-9-2-5-13(12(16)6-9)19-14(20)8-18-15(21)10-3-4-11(17)7-10/h2,5-6,10-11H,3-4,7-8,17H2,1H3,(H,18,21)(H,19,20). The Morgan fingerprint density at radius 1 is 1.38 bits per heavy atom. The second-order valence-electron chi connectivity index (χ2n) is 5.52. The zero-order chi connectivity index (χ0) is 15.4. The van der Waals surface area contributed by atoms with Crippen LogP contribution in [-0.2, 0) is 9.59 Å². The van der Waals surface area contributed by atoms with E-state index in [1.807, 2.05) is 13.0 Å². The summed E-state index contributed by atoms with van der Waals surface area (Å²) in [6.45, 7) is 1.86. The fourth-order valence-electron chi connectivity index (χ4n) is 2.48. The Morgan fingerprint density at radius 2 is 2.14 bits per heavy atom. The summed E-state index contributed by atoms with van der Waals surface area (Å²) in [5, 5.41) is 5.81. The van der Waals surface area contributed by atoms with Crippen molar-refractivity contribution in [2.24, 2.45) is 11.7 Å². The Labute approximate surface area is 129 Å². The van der Waals surface area contributed by atoms with Gasteiger partial charge in [-0.1, -0.05) is 17.7 Å². The second kappa shape index (κ2) is 6.91. The van der Waals surface area contributed by atoms with Crippen molar-refractivity contribution in [3.63, 3.8) is 0 Å². The smallest absolute Gasteiger partial charge is 0.243 e. The number of amides is 2. The zero-order valence-electron chi connectivity index (χ0n) is 12.0. The van der Waals surface area contributed by atoms with Crippen molar-refractivity contribution in [2.75, 3.05) is 11.9 Å². The highest BCUT2D eigenvalue weighted by Crippen LogP contribution is 2.24. The third-order valence-corrected chi connectivity index (χ3v) is 3.98. The van der Waals surface area contributed by atoms with Gasteiger partial charge in [-0.05, 0) is 43.9 Å². The van der Waals surface area contributed by atoms with Crippen LogP contribution >= 0.6 is 11.6 Å². The molecule has 2 unspecified atom stereocenters. The van der Waals surface area contributed by atoms with Crippen LogP contribution in [0, 0.1) is 12.8 Å². The van der Waals surface area contributed by atoms with Gasteiger partial charge in [0, 0.05) is 12.0 Å². The summed E-state index contributed by atoms with van der Waals surface area (Å²) in [5.74, 6) is -0.472. The topological polar surface area (TPSA) is 84.2 Å². The van der Waals surface area contributed by atoms with Crippen LogP contribution in [0.5, 0.6) is 0 Å². The lowest BCUT2D eigenvalue weighted by molar-refractivity contribution is -0.127. The van der Waals surface area contributed by atoms with Gasteiger partial charge in [-0.2, -0.15) is 0 Å². The molecular formula is C15H20ClN3O2. The largest absolute Gasteiger partial charge is 0.347 e. The first-order valence-electron chi connectivity index (χ1n) is 7.05. The van der Waals surface area contributed by atoms with Crippen LogP contribution < -0.4 is 16.4 Å². The molecule has 0 radical (unpaired) electrons. The van der Waals surface area contributed by atoms with Gasteiger partial charge in [-0.3, -0.25) is 9.59 Å². The molecule has 21 heavy (non-hydrogen) atoms. The second-order valence-corrected chi connectivity index (χ2v) is 5.93. The minimum atomic E-state index is -0.295. The van der Waals surface area contributed by atoms with Crippen LogP contribution in [0.1, 0.15) is 24.8 Å². The number of carbonyl (C=O) groups excluding carboxylic acids is 2. The number of aryl methyl sites for hydroxylation is 1. The van der Waals surface area contributed by atoms with E-state index in [1.54, 1.807) is 12.1 Å². The summed E-state index contributed by atoms with van der Waals surface area (Å²) in [6.07, 6.45) is 2.35. The molecule has 1 aliphatic carbocycles. The fraction of sp³-hybridized carbons (Fsp3) is 0.467. The maximum absolute atomic E-state index is 11.9. The predicted octanol–water partition coefficient (Wildman–Crippen LogP) is 1.83. The van der Waals surface area contributed by atoms with Crippen molar-refractivity contribution in [3.8, 4) is 0 Å². The van der Waals surface area contributed by atoms with Crippen LogP contribution in [0.25, 0.3) is 0 Å². The molecule has 0 saturated heterocycles. The van der Waals surface area contributed by atoms with Gasteiger partial charge in [-0.25, -0.2) is 0 Å². The molecule has 114 valence electrons. The number of benzene rings is 1. The third-order valence-electron chi connectivity index (χ3n) is 3.67. The summed E-state index contributed by atoms with van der Waals surface area (Å²) in [4.78, 5) is 23.7. The first-order chi connectivity index (χ1) is 9.95. The lowest BCUT2D eigenvalue weighted by Crippen LogP contribution is -2.36. The Morgan fingerprint density at radius 3 is 2.76 bits per heavy atom. The minimum Gasteiger partial charge on any atom is -0.347 e. The molecule has 1 aromatic carbocycles. The quantitative estimate of drug-likeness (QED) is 0.793. The predicted molar refractivity (Wildman–Crippen MR) is 83.1 cm³/mol. The number of hydrogen-bond acceptors (Lipinski definition) is 3. The number of rotatable bonds is 4. The fourth-order valence-corrected chi connectivity index (χ4v) is 2.76. The summed E-state index contributed by atoms with van der Waals surface area (Å²) in [5.41, 5.74) is 7.34. The summed E-state index contributed by atoms with van der Waals surface area (Å²) >= 11 is 6.04. The van der Waals surface area contributed by atoms with E-state index in [1.165, 1.54) is 0 Å². The van der Waals surface area contributed by atoms with Gasteiger partial charge in [0.15, 0.2) is 0 Å². The van der Waals surface area contributed by atoms with Crippen molar-refractivity contribution < 1.29 is 9.59 Å². The molecule has 0 bridgehead atoms. The zero-order valence-corrected chi connectivity index (χ0v) is 12.7. The first kappa shape index (κ1) is 15.8. The highest BCUT2D eigenvalue weighted by molar-refractivity contribution is 6.33. The third kappa shape index (κ3) is 4.44. The van der Waals surface area contributed by atoms with Crippen molar-refractivity contribution >= 4 is 29.1 Å². The van der Waals surface area contributed by atoms with Crippen LogP contribution in [0.2, 0.25) is 5.02 Å². The maximum atomic E-state index is 11.9. The number of hydrogen-bond donors (Lipinski definition) is 3. The van der Waals surface area contributed by atoms with E-state index >= 15 is 0 Å². The van der Waals surface area contributed by atoms with E-state index in [4.69, 9.17) is 17.3 Å². The summed E-state index contributed by atoms with van der Waals surface area (Å²) < 4.78 is 0. The van der Waals surface area contributed by atoms with E-state index in [-0.39, 0.29) is 30.3 Å². The molecule has 2 rings (SSSR count). The SMILES string of the molecule is Cc1ccc(NC(=O)CNC(=O)C2CCC(N)C2)c(Cl)c1. The molecule has 1 aliphatic rings. The van der Waals surface area contributed by atoms with E-state index in [0.29, 0.717) is 17.1 Å². The number of carbonyl (C=O) groups is 2. The molecule has 1 aromatic rings. The number of nitrogens with two attached hydrogens (primary N) is 1. The molecule has 2 atom stereocenters. The van der Waals surface area contributed by atoms with Gasteiger partial charge in [0.1, 0.15) is 0 Å². The van der Waals surface area contributed by atoms with Gasteiger partial charge in [-0.15, -0.1) is 0 Å². The molecule has 0 aromatic heterocycles. The monoisotopic (exact) mass is 309 g/mol. The highest BCUT2D eigenvalue weighted by Gasteiger charge is 2.27. The van der Waals surface area contributed by atoms with Gasteiger partial charge in [0.25, 0.3) is 0 Å². The maximum Gasteiger partial charge on any atom is 0.243 e. The molecule has 0 aliphatic heterocycles. The number of anilines is 1. The molecule has 5 nitrogen and oxygen atoms in total. The minimum absolute atomic E-state index is 0.0607. The van der Waals surface area contributed by atoms with Gasteiger partial charge >= 0.3 is 0 Å². The highest BCUT2D eigenvalue weighted by atomic mass is 35.5. The van der Waals surface area contributed by atoms with Crippen molar-refractivity contribution in [1.29, 1.82) is 0 Å². The van der Waals surface area contributed by atoms with Gasteiger partial charge in [0.2, 0.25) is 11.8 Å². The molecule has 0 heterocycles. The van der Waals surface area contributed by atoms with Crippen LogP contribution in [0.3, 0.4) is 0 Å². The Balaban J connectivity index is 1.80. The van der Waals surface area contributed by atoms with E-state index in [0.717, 1.165) is 18.4 Å². The van der Waals surface area contributed by atoms with Gasteiger partial charge < -0.3 is 16.4 Å². The molecule has 1 saturated carbocycles. The first-order valence-corrected chi connectivity index (χ1v) is 7.43. The van der Waals surface area contributed by atoms with Crippen LogP contribution in [-0.4, -0.2) is 24.4 Å². The Hall–Kier alpha value is -1.59. The van der Waals surface area contributed by atoms with Crippen LogP contribution in [0.15, 0.2) is 18.2 Å². The molecule has 6 heteroatoms. The number of halogens is 1. The van der Waals surface area contributed by atoms with Crippen LogP contribution in [0.4, 0.5) is 5.69 Å².